The van der Waals surface area contributed by atoms with Gasteiger partial charge in [0.15, 0.2) is 0 Å². The molecule has 0 heterocycles. The largest absolute Gasteiger partial charge is 1.00 e. The first-order valence-corrected chi connectivity index (χ1v) is 7.70. The second-order valence-corrected chi connectivity index (χ2v) is 4.40. The molecule has 0 atom stereocenters. The Kier molecular flexibility index (Phi) is 11.1. The quantitative estimate of drug-likeness (QED) is 0.331. The van der Waals surface area contributed by atoms with Gasteiger partial charge < -0.3 is 24.8 Å². The van der Waals surface area contributed by atoms with E-state index in [-0.39, 0.29) is 24.8 Å². The average molecular weight is 363 g/mol. The van der Waals surface area contributed by atoms with Crippen LogP contribution in [0.15, 0.2) is 60.7 Å². The summed E-state index contributed by atoms with van der Waals surface area (Å²) in [4.78, 5) is 3.25. The minimum atomic E-state index is 0. The zero-order valence-corrected chi connectivity index (χ0v) is 15.2. The summed E-state index contributed by atoms with van der Waals surface area (Å²) >= 11 is 1.75. The van der Waals surface area contributed by atoms with Crippen LogP contribution in [-0.4, -0.2) is 4.82 Å². The Balaban J connectivity index is 0.000000422. The summed E-state index contributed by atoms with van der Waals surface area (Å²) in [5.74, 6) is 0. The fourth-order valence-electron chi connectivity index (χ4n) is 2.34. The van der Waals surface area contributed by atoms with Gasteiger partial charge >= 0.3 is 24.8 Å². The molecule has 0 bridgehead atoms. The zero-order chi connectivity index (χ0) is 14.2. The average Bonchev–Trinajstić information content (AvgIpc) is 3.20. The first-order valence-electron chi connectivity index (χ1n) is 6.60. The van der Waals surface area contributed by atoms with Gasteiger partial charge in [-0.25, -0.2) is 12.2 Å². The van der Waals surface area contributed by atoms with E-state index in [0.29, 0.717) is 0 Å². The normalized spacial score (nSPS) is 11.5. The Morgan fingerprint density at radius 1 is 0.955 bits per heavy atom. The van der Waals surface area contributed by atoms with Crippen LogP contribution in [0.25, 0.3) is 11.1 Å². The van der Waals surface area contributed by atoms with Crippen LogP contribution in [0.3, 0.4) is 0 Å². The number of hydrogen-bond acceptors (Lipinski definition) is 0. The Hall–Kier alpha value is -0.916. The van der Waals surface area contributed by atoms with E-state index >= 15 is 0 Å². The molecule has 0 nitrogen and oxygen atoms in total. The van der Waals surface area contributed by atoms with Crippen molar-refractivity contribution in [1.82, 2.24) is 0 Å². The number of allylic oxidation sites excluding steroid dienone is 4. The van der Waals surface area contributed by atoms with Gasteiger partial charge in [0.1, 0.15) is 0 Å². The second-order valence-electron chi connectivity index (χ2n) is 4.40. The van der Waals surface area contributed by atoms with Crippen LogP contribution in [0, 0.1) is 12.1 Å². The van der Waals surface area contributed by atoms with Crippen molar-refractivity contribution in [3.63, 3.8) is 0 Å². The molecule has 0 radical (unpaired) electrons. The minimum Gasteiger partial charge on any atom is -1.00 e. The number of hydrogen-bond donors (Lipinski definition) is 0. The molecule has 3 heteroatoms. The van der Waals surface area contributed by atoms with Gasteiger partial charge in [-0.05, 0) is 6.42 Å². The molecule has 4 rings (SSSR count). The van der Waals surface area contributed by atoms with Gasteiger partial charge in [0.2, 0.25) is 0 Å². The molecule has 112 valence electrons. The van der Waals surface area contributed by atoms with Crippen molar-refractivity contribution in [1.29, 1.82) is 0 Å². The summed E-state index contributed by atoms with van der Waals surface area (Å²) < 4.78 is 0. The van der Waals surface area contributed by atoms with Crippen LogP contribution in [0.4, 0.5) is 0 Å². The van der Waals surface area contributed by atoms with Crippen LogP contribution in [0.5, 0.6) is 0 Å². The maximum Gasteiger partial charge on any atom is -0.0253 e. The summed E-state index contributed by atoms with van der Waals surface area (Å²) in [6.45, 7) is 0. The van der Waals surface area contributed by atoms with Crippen molar-refractivity contribution >= 4 is 4.82 Å². The Labute approximate surface area is 157 Å². The van der Waals surface area contributed by atoms with E-state index in [9.17, 15) is 0 Å². The summed E-state index contributed by atoms with van der Waals surface area (Å²) in [5.41, 5.74) is 5.51. The molecule has 0 aromatic heterocycles. The SMILES string of the molecule is [C-]1=CC=CC1.[CH2]=[Ti+2].[Cl-].[Cl-].[c-]1cccc2c1Cc1ccccc1-2. The number of benzene rings is 2. The Bertz CT molecular complexity index is 579. The predicted molar refractivity (Wildman–Crippen MR) is 82.2 cm³/mol. The Morgan fingerprint density at radius 3 is 2.32 bits per heavy atom. The van der Waals surface area contributed by atoms with Crippen molar-refractivity contribution in [2.24, 2.45) is 0 Å². The number of rotatable bonds is 0. The van der Waals surface area contributed by atoms with Gasteiger partial charge in [0.25, 0.3) is 0 Å². The molecule has 0 saturated carbocycles. The van der Waals surface area contributed by atoms with E-state index in [1.807, 2.05) is 18.2 Å². The molecule has 0 spiro atoms. The van der Waals surface area contributed by atoms with Crippen molar-refractivity contribution in [2.75, 3.05) is 0 Å². The first kappa shape index (κ1) is 21.1. The van der Waals surface area contributed by atoms with E-state index < -0.39 is 0 Å². The molecule has 22 heavy (non-hydrogen) atoms. The minimum absolute atomic E-state index is 0. The standard InChI is InChI=1S/C13H9.C5H5.CH2.2ClH.Ti/c1-3-7-12-10(5-1)9-11-6-2-4-8-13(11)12;1-2-4-5-3-1;;;;/h1-5,7-8H,9H2;1-3H,4H2;1H2;2*1H;/q2*-1;;;;+2/p-2. The van der Waals surface area contributed by atoms with Gasteiger partial charge in [-0.2, -0.15) is 35.9 Å². The third-order valence-corrected chi connectivity index (χ3v) is 3.20. The summed E-state index contributed by atoms with van der Waals surface area (Å²) in [5, 5.41) is 0. The Morgan fingerprint density at radius 2 is 1.68 bits per heavy atom. The number of fused-ring (bicyclic) bond motifs is 3. The topological polar surface area (TPSA) is 0 Å². The van der Waals surface area contributed by atoms with Gasteiger partial charge in [-0.3, -0.25) is 6.08 Å². The van der Waals surface area contributed by atoms with Crippen LogP contribution in [-0.2, 0) is 26.4 Å². The third-order valence-electron chi connectivity index (χ3n) is 3.20. The zero-order valence-electron chi connectivity index (χ0n) is 12.2. The molecule has 0 amide bonds. The van der Waals surface area contributed by atoms with Crippen LogP contribution < -0.4 is 24.8 Å². The maximum absolute atomic E-state index is 3.30. The molecule has 2 aliphatic rings. The van der Waals surface area contributed by atoms with E-state index in [0.717, 1.165) is 12.8 Å². The molecule has 2 aromatic rings. The fourth-order valence-corrected chi connectivity index (χ4v) is 2.34. The fraction of sp³-hybridized carbons (Fsp3) is 0.105. The first-order chi connectivity index (χ1) is 9.95. The van der Waals surface area contributed by atoms with Crippen LogP contribution in [0.1, 0.15) is 17.5 Å². The monoisotopic (exact) mass is 362 g/mol. The van der Waals surface area contributed by atoms with Crippen molar-refractivity contribution in [3.8, 4) is 11.1 Å². The summed E-state index contributed by atoms with van der Waals surface area (Å²) in [6, 6.07) is 18.1. The summed E-state index contributed by atoms with van der Waals surface area (Å²) in [6.07, 6.45) is 11.0. The third kappa shape index (κ3) is 5.37. The van der Waals surface area contributed by atoms with Gasteiger partial charge in [0, 0.05) is 0 Å². The molecule has 0 aliphatic heterocycles. The smallest absolute Gasteiger partial charge is 0.0253 e. The molecular weight excluding hydrogens is 347 g/mol. The molecule has 0 fully saturated rings. The maximum atomic E-state index is 3.30. The van der Waals surface area contributed by atoms with Crippen molar-refractivity contribution < 1.29 is 44.8 Å². The summed E-state index contributed by atoms with van der Waals surface area (Å²) in [7, 11) is 0. The molecule has 2 aromatic carbocycles. The van der Waals surface area contributed by atoms with Crippen LogP contribution in [0.2, 0.25) is 0 Å². The van der Waals surface area contributed by atoms with E-state index in [4.69, 9.17) is 0 Å². The van der Waals surface area contributed by atoms with Gasteiger partial charge in [-0.1, -0.05) is 35.4 Å². The second kappa shape index (κ2) is 11.6. The predicted octanol–water partition coefficient (Wildman–Crippen LogP) is -1.66. The van der Waals surface area contributed by atoms with Crippen molar-refractivity contribution in [3.05, 3.63) is 84.0 Å². The van der Waals surface area contributed by atoms with Crippen LogP contribution >= 0.6 is 0 Å². The van der Waals surface area contributed by atoms with Gasteiger partial charge in [-0.15, -0.1) is 12.0 Å². The number of halogens is 2. The molecule has 0 N–H and O–H groups in total. The molecule has 2 aliphatic carbocycles. The van der Waals surface area contributed by atoms with Gasteiger partial charge in [0.05, 0.1) is 0 Å². The van der Waals surface area contributed by atoms with Crippen molar-refractivity contribution in [2.45, 2.75) is 12.8 Å². The molecule has 0 unspecified atom stereocenters. The molecular formula is C19H16Cl2Ti-2. The molecule has 0 saturated heterocycles. The van der Waals surface area contributed by atoms with E-state index in [1.54, 1.807) is 20.0 Å². The van der Waals surface area contributed by atoms with E-state index in [1.165, 1.54) is 22.3 Å². The van der Waals surface area contributed by atoms with E-state index in [2.05, 4.69) is 59.4 Å².